The minimum atomic E-state index is 0.306. The molecule has 0 bridgehead atoms. The SMILES string of the molecule is Cc1c(COc2ccc(CN)c(OCC3=CC(=N)/C(=N\S)C=C3)c2)cccc1-c1ccccc1. The van der Waals surface area contributed by atoms with Crippen molar-refractivity contribution in [3.8, 4) is 22.6 Å². The highest BCUT2D eigenvalue weighted by Crippen LogP contribution is 2.29. The molecule has 3 N–H and O–H groups in total. The van der Waals surface area contributed by atoms with Crippen molar-refractivity contribution in [2.24, 2.45) is 10.1 Å². The maximum absolute atomic E-state index is 7.99. The van der Waals surface area contributed by atoms with E-state index < -0.39 is 0 Å². The minimum absolute atomic E-state index is 0.306. The van der Waals surface area contributed by atoms with Crippen molar-refractivity contribution in [3.05, 3.63) is 107 Å². The van der Waals surface area contributed by atoms with Crippen molar-refractivity contribution >= 4 is 24.2 Å². The molecule has 0 aliphatic heterocycles. The fourth-order valence-corrected chi connectivity index (χ4v) is 3.95. The average Bonchev–Trinajstić information content (AvgIpc) is 2.87. The van der Waals surface area contributed by atoms with Crippen LogP contribution in [0.1, 0.15) is 16.7 Å². The first kappa shape index (κ1) is 23.5. The van der Waals surface area contributed by atoms with E-state index in [9.17, 15) is 0 Å². The number of hydrogen-bond acceptors (Lipinski definition) is 6. The average molecular weight is 470 g/mol. The van der Waals surface area contributed by atoms with Gasteiger partial charge >= 0.3 is 0 Å². The second-order valence-electron chi connectivity index (χ2n) is 7.96. The third kappa shape index (κ3) is 5.47. The lowest BCUT2D eigenvalue weighted by Crippen LogP contribution is -2.14. The van der Waals surface area contributed by atoms with Gasteiger partial charge in [0.25, 0.3) is 0 Å². The van der Waals surface area contributed by atoms with Crippen LogP contribution in [0.5, 0.6) is 11.5 Å². The summed E-state index contributed by atoms with van der Waals surface area (Å²) in [4.78, 5) is 0. The molecule has 0 amide bonds. The molecule has 3 aromatic carbocycles. The van der Waals surface area contributed by atoms with Gasteiger partial charge in [0.2, 0.25) is 0 Å². The van der Waals surface area contributed by atoms with Gasteiger partial charge in [-0.15, -0.1) is 0 Å². The predicted molar refractivity (Wildman–Crippen MR) is 142 cm³/mol. The first-order chi connectivity index (χ1) is 16.6. The first-order valence-electron chi connectivity index (χ1n) is 11.0. The number of allylic oxidation sites excluding steroid dienone is 2. The van der Waals surface area contributed by atoms with Crippen LogP contribution in [0.25, 0.3) is 11.1 Å². The van der Waals surface area contributed by atoms with Gasteiger partial charge in [-0.2, -0.15) is 0 Å². The van der Waals surface area contributed by atoms with Gasteiger partial charge in [0.15, 0.2) is 0 Å². The van der Waals surface area contributed by atoms with E-state index in [1.54, 1.807) is 12.2 Å². The Kier molecular flexibility index (Phi) is 7.62. The molecule has 0 saturated carbocycles. The fourth-order valence-electron chi connectivity index (χ4n) is 3.78. The normalized spacial score (nSPS) is 14.3. The Morgan fingerprint density at radius 2 is 1.74 bits per heavy atom. The quantitative estimate of drug-likeness (QED) is 0.285. The smallest absolute Gasteiger partial charge is 0.127 e. The van der Waals surface area contributed by atoms with E-state index in [-0.39, 0.29) is 0 Å². The van der Waals surface area contributed by atoms with Crippen LogP contribution in [0.2, 0.25) is 0 Å². The van der Waals surface area contributed by atoms with Crippen LogP contribution in [-0.2, 0) is 13.2 Å². The Morgan fingerprint density at radius 1 is 0.912 bits per heavy atom. The van der Waals surface area contributed by atoms with Crippen LogP contribution in [0.4, 0.5) is 0 Å². The monoisotopic (exact) mass is 469 g/mol. The van der Waals surface area contributed by atoms with Crippen LogP contribution in [0.15, 0.2) is 94.9 Å². The topological polar surface area (TPSA) is 80.7 Å². The first-order valence-corrected chi connectivity index (χ1v) is 11.4. The van der Waals surface area contributed by atoms with E-state index in [2.05, 4.69) is 54.5 Å². The maximum Gasteiger partial charge on any atom is 0.127 e. The van der Waals surface area contributed by atoms with Gasteiger partial charge in [-0.05, 0) is 65.8 Å². The molecule has 0 radical (unpaired) electrons. The molecule has 0 heterocycles. The molecule has 0 spiro atoms. The number of nitrogens with one attached hydrogen (secondary N) is 1. The lowest BCUT2D eigenvalue weighted by molar-refractivity contribution is 0.300. The molecule has 0 aromatic heterocycles. The molecule has 0 unspecified atom stereocenters. The summed E-state index contributed by atoms with van der Waals surface area (Å²) >= 11 is 3.88. The summed E-state index contributed by atoms with van der Waals surface area (Å²) < 4.78 is 16.0. The van der Waals surface area contributed by atoms with Gasteiger partial charge in [-0.25, -0.2) is 4.40 Å². The van der Waals surface area contributed by atoms with Gasteiger partial charge in [0.05, 0.1) is 11.4 Å². The van der Waals surface area contributed by atoms with Gasteiger partial charge in [-0.3, -0.25) is 5.41 Å². The Bertz CT molecular complexity index is 1280. The number of nitrogens with two attached hydrogens (primary N) is 1. The molecule has 0 saturated heterocycles. The summed E-state index contributed by atoms with van der Waals surface area (Å²) in [6, 6.07) is 22.4. The molecule has 1 aliphatic carbocycles. The van der Waals surface area contributed by atoms with Crippen molar-refractivity contribution in [3.63, 3.8) is 0 Å². The highest BCUT2D eigenvalue weighted by Gasteiger charge is 2.12. The summed E-state index contributed by atoms with van der Waals surface area (Å²) in [5.41, 5.74) is 13.2. The van der Waals surface area contributed by atoms with E-state index in [1.807, 2.05) is 42.5 Å². The summed E-state index contributed by atoms with van der Waals surface area (Å²) in [5.74, 6) is 1.38. The standard InChI is InChI=1S/C28H27N3O2S/c1-19-23(8-5-9-25(19)21-6-3-2-4-7-21)18-32-24-12-11-22(16-29)28(15-24)33-17-20-10-13-27(31-34)26(30)14-20/h2-15,30,34H,16-18,29H2,1H3/b30-26?,31-27-. The van der Waals surface area contributed by atoms with Crippen LogP contribution in [0.3, 0.4) is 0 Å². The lowest BCUT2D eigenvalue weighted by atomic mass is 9.97. The Labute approximate surface area is 205 Å². The van der Waals surface area contributed by atoms with E-state index in [4.69, 9.17) is 20.6 Å². The molecular weight excluding hydrogens is 442 g/mol. The maximum atomic E-state index is 7.99. The largest absolute Gasteiger partial charge is 0.489 e. The molecule has 34 heavy (non-hydrogen) atoms. The van der Waals surface area contributed by atoms with Crippen LogP contribution in [-0.4, -0.2) is 18.0 Å². The highest BCUT2D eigenvalue weighted by atomic mass is 32.1. The Hall–Kier alpha value is -3.61. The second kappa shape index (κ2) is 11.0. The number of rotatable bonds is 8. The van der Waals surface area contributed by atoms with E-state index in [0.717, 1.165) is 16.7 Å². The number of ether oxygens (including phenoxy) is 2. The highest BCUT2D eigenvalue weighted by molar-refractivity contribution is 7.79. The van der Waals surface area contributed by atoms with Gasteiger partial charge < -0.3 is 15.2 Å². The molecule has 6 heteroatoms. The molecule has 4 rings (SSSR count). The molecule has 1 aliphatic rings. The third-order valence-corrected chi connectivity index (χ3v) is 5.96. The number of hydrogen-bond donors (Lipinski definition) is 3. The van der Waals surface area contributed by atoms with Crippen LogP contribution >= 0.6 is 12.8 Å². The zero-order valence-electron chi connectivity index (χ0n) is 19.0. The van der Waals surface area contributed by atoms with Crippen LogP contribution in [0, 0.1) is 12.3 Å². The van der Waals surface area contributed by atoms with Crippen molar-refractivity contribution in [1.82, 2.24) is 0 Å². The number of nitrogens with zero attached hydrogens (tertiary/aromatic N) is 1. The van der Waals surface area contributed by atoms with Gasteiger partial charge in [0.1, 0.15) is 24.7 Å². The zero-order chi connectivity index (χ0) is 23.9. The second-order valence-corrected chi connectivity index (χ2v) is 8.16. The van der Waals surface area contributed by atoms with E-state index in [0.29, 0.717) is 42.7 Å². The summed E-state index contributed by atoms with van der Waals surface area (Å²) in [7, 11) is 0. The lowest BCUT2D eigenvalue weighted by Gasteiger charge is -2.16. The van der Waals surface area contributed by atoms with E-state index >= 15 is 0 Å². The van der Waals surface area contributed by atoms with Crippen molar-refractivity contribution in [2.75, 3.05) is 6.61 Å². The van der Waals surface area contributed by atoms with Gasteiger partial charge in [-0.1, -0.05) is 60.7 Å². The zero-order valence-corrected chi connectivity index (χ0v) is 19.9. The third-order valence-electron chi connectivity index (χ3n) is 5.75. The van der Waals surface area contributed by atoms with Gasteiger partial charge in [0, 0.05) is 18.2 Å². The van der Waals surface area contributed by atoms with Crippen molar-refractivity contribution < 1.29 is 9.47 Å². The van der Waals surface area contributed by atoms with Crippen molar-refractivity contribution in [2.45, 2.75) is 20.1 Å². The molecule has 0 fully saturated rings. The Morgan fingerprint density at radius 3 is 2.47 bits per heavy atom. The fraction of sp³-hybridized carbons (Fsp3) is 0.143. The molecule has 5 nitrogen and oxygen atoms in total. The van der Waals surface area contributed by atoms with Crippen molar-refractivity contribution in [1.29, 1.82) is 5.41 Å². The molecular formula is C28H27N3O2S. The molecule has 3 aromatic rings. The summed E-state index contributed by atoms with van der Waals surface area (Å²) in [5, 5.41) is 7.99. The number of thiol groups is 1. The number of benzene rings is 3. The molecule has 0 atom stereocenters. The Balaban J connectivity index is 1.47. The predicted octanol–water partition coefficient (Wildman–Crippen LogP) is 5.88. The summed E-state index contributed by atoms with van der Waals surface area (Å²) in [6.07, 6.45) is 5.35. The minimum Gasteiger partial charge on any atom is -0.489 e. The van der Waals surface area contributed by atoms with E-state index in [1.165, 1.54) is 16.7 Å². The van der Waals surface area contributed by atoms with Crippen LogP contribution < -0.4 is 15.2 Å². The summed E-state index contributed by atoms with van der Waals surface area (Å²) in [6.45, 7) is 3.24. The molecule has 172 valence electrons.